The van der Waals surface area contributed by atoms with E-state index in [2.05, 4.69) is 29.2 Å². The number of piperidine rings is 1. The summed E-state index contributed by atoms with van der Waals surface area (Å²) in [6.07, 6.45) is 4.45. The molecule has 1 aliphatic heterocycles. The zero-order valence-electron chi connectivity index (χ0n) is 21.0. The van der Waals surface area contributed by atoms with E-state index in [0.29, 0.717) is 5.69 Å². The lowest BCUT2D eigenvalue weighted by atomic mass is 9.93. The first-order chi connectivity index (χ1) is 17.1. The van der Waals surface area contributed by atoms with Gasteiger partial charge < -0.3 is 15.1 Å². The fourth-order valence-electron chi connectivity index (χ4n) is 4.37. The number of likely N-dealkylation sites (tertiary alicyclic amines) is 1. The van der Waals surface area contributed by atoms with Crippen LogP contribution in [0.2, 0.25) is 0 Å². The van der Waals surface area contributed by atoms with Crippen LogP contribution in [-0.2, 0) is 10.0 Å². The smallest absolute Gasteiger partial charge is 0.293 e. The van der Waals surface area contributed by atoms with Crippen molar-refractivity contribution in [2.45, 2.75) is 41.5 Å². The third kappa shape index (κ3) is 9.04. The molecule has 1 heterocycles. The summed E-state index contributed by atoms with van der Waals surface area (Å²) in [6, 6.07) is 13.8. The molecule has 0 saturated carbocycles. The Balaban J connectivity index is 1.67. The van der Waals surface area contributed by atoms with E-state index in [1.807, 2.05) is 30.3 Å². The zero-order chi connectivity index (χ0) is 26.1. The SMILES string of the molecule is CN(C)CCC1CCN(CC[C@H](CSc2ccccc2)Nc2ccc(S(N)(=O)=O)cc2[N+](=O)[O-])CC1. The minimum Gasteiger partial charge on any atom is -0.376 e. The van der Waals surface area contributed by atoms with Crippen molar-refractivity contribution in [3.05, 3.63) is 58.6 Å². The lowest BCUT2D eigenvalue weighted by Gasteiger charge is -2.33. The fourth-order valence-corrected chi connectivity index (χ4v) is 5.90. The molecular formula is C25H37N5O4S2. The van der Waals surface area contributed by atoms with Crippen molar-refractivity contribution in [1.82, 2.24) is 9.80 Å². The number of nitro groups is 1. The van der Waals surface area contributed by atoms with Gasteiger partial charge in [0.1, 0.15) is 5.69 Å². The molecule has 9 nitrogen and oxygen atoms in total. The van der Waals surface area contributed by atoms with Gasteiger partial charge in [0, 0.05) is 29.3 Å². The second-order valence-corrected chi connectivity index (χ2v) is 12.3. The summed E-state index contributed by atoms with van der Waals surface area (Å²) in [7, 11) is 0.193. The van der Waals surface area contributed by atoms with Gasteiger partial charge in [0.25, 0.3) is 5.69 Å². The van der Waals surface area contributed by atoms with Gasteiger partial charge in [-0.1, -0.05) is 18.2 Å². The van der Waals surface area contributed by atoms with Crippen LogP contribution >= 0.6 is 11.8 Å². The van der Waals surface area contributed by atoms with Gasteiger partial charge in [0.05, 0.1) is 9.82 Å². The number of nitrogens with zero attached hydrogens (tertiary/aromatic N) is 3. The zero-order valence-corrected chi connectivity index (χ0v) is 22.6. The van der Waals surface area contributed by atoms with Gasteiger partial charge in [-0.15, -0.1) is 11.8 Å². The van der Waals surface area contributed by atoms with E-state index in [4.69, 9.17) is 5.14 Å². The van der Waals surface area contributed by atoms with Gasteiger partial charge in [0.2, 0.25) is 10.0 Å². The lowest BCUT2D eigenvalue weighted by Crippen LogP contribution is -2.37. The molecule has 1 atom stereocenters. The molecule has 1 aliphatic rings. The first kappa shape index (κ1) is 28.4. The number of nitrogens with one attached hydrogen (secondary N) is 1. The highest BCUT2D eigenvalue weighted by atomic mass is 32.2. The molecule has 0 amide bonds. The monoisotopic (exact) mass is 535 g/mol. The number of hydrogen-bond donors (Lipinski definition) is 2. The van der Waals surface area contributed by atoms with Crippen LogP contribution in [0.25, 0.3) is 0 Å². The molecule has 36 heavy (non-hydrogen) atoms. The highest BCUT2D eigenvalue weighted by molar-refractivity contribution is 7.99. The minimum absolute atomic E-state index is 0.0410. The fraction of sp³-hybridized carbons (Fsp3) is 0.520. The molecule has 3 N–H and O–H groups in total. The van der Waals surface area contributed by atoms with Crippen molar-refractivity contribution < 1.29 is 13.3 Å². The molecule has 2 aromatic carbocycles. The Labute approximate surface area is 218 Å². The van der Waals surface area contributed by atoms with Crippen LogP contribution in [0.4, 0.5) is 11.4 Å². The second-order valence-electron chi connectivity index (χ2n) is 9.61. The van der Waals surface area contributed by atoms with Gasteiger partial charge in [-0.2, -0.15) is 0 Å². The number of thioether (sulfide) groups is 1. The van der Waals surface area contributed by atoms with E-state index in [0.717, 1.165) is 55.2 Å². The molecule has 11 heteroatoms. The largest absolute Gasteiger partial charge is 0.376 e. The van der Waals surface area contributed by atoms with Crippen molar-refractivity contribution >= 4 is 33.2 Å². The van der Waals surface area contributed by atoms with E-state index in [1.165, 1.54) is 31.4 Å². The van der Waals surface area contributed by atoms with E-state index in [1.54, 1.807) is 11.8 Å². The molecule has 2 aromatic rings. The van der Waals surface area contributed by atoms with Crippen LogP contribution in [0.3, 0.4) is 0 Å². The third-order valence-corrected chi connectivity index (χ3v) is 8.62. The molecule has 0 aromatic heterocycles. The topological polar surface area (TPSA) is 122 Å². The summed E-state index contributed by atoms with van der Waals surface area (Å²) in [5.74, 6) is 1.49. The van der Waals surface area contributed by atoms with E-state index >= 15 is 0 Å². The summed E-state index contributed by atoms with van der Waals surface area (Å²) in [6.45, 7) is 4.16. The molecular weight excluding hydrogens is 498 g/mol. The average molecular weight is 536 g/mol. The highest BCUT2D eigenvalue weighted by Gasteiger charge is 2.23. The predicted octanol–water partition coefficient (Wildman–Crippen LogP) is 3.87. The van der Waals surface area contributed by atoms with Crippen molar-refractivity contribution in [1.29, 1.82) is 0 Å². The summed E-state index contributed by atoms with van der Waals surface area (Å²) in [5, 5.41) is 20.2. The maximum absolute atomic E-state index is 11.7. The van der Waals surface area contributed by atoms with Crippen LogP contribution in [0.5, 0.6) is 0 Å². The highest BCUT2D eigenvalue weighted by Crippen LogP contribution is 2.30. The lowest BCUT2D eigenvalue weighted by molar-refractivity contribution is -0.384. The maximum Gasteiger partial charge on any atom is 0.293 e. The summed E-state index contributed by atoms with van der Waals surface area (Å²) >= 11 is 1.69. The Morgan fingerprint density at radius 3 is 2.50 bits per heavy atom. The maximum atomic E-state index is 11.7. The quantitative estimate of drug-likeness (QED) is 0.225. The summed E-state index contributed by atoms with van der Waals surface area (Å²) < 4.78 is 23.4. The first-order valence-electron chi connectivity index (χ1n) is 12.2. The number of nitro benzene ring substituents is 1. The van der Waals surface area contributed by atoms with Crippen molar-refractivity contribution in [2.75, 3.05) is 51.3 Å². The minimum atomic E-state index is -4.03. The summed E-state index contributed by atoms with van der Waals surface area (Å²) in [4.78, 5) is 16.7. The average Bonchev–Trinajstić information content (AvgIpc) is 2.85. The van der Waals surface area contributed by atoms with Gasteiger partial charge in [-0.25, -0.2) is 13.6 Å². The van der Waals surface area contributed by atoms with Gasteiger partial charge in [-0.05, 0) is 89.6 Å². The number of rotatable bonds is 13. The van der Waals surface area contributed by atoms with Crippen molar-refractivity contribution in [2.24, 2.45) is 11.1 Å². The number of anilines is 1. The Morgan fingerprint density at radius 2 is 1.89 bits per heavy atom. The molecule has 0 spiro atoms. The second kappa shape index (κ2) is 13.4. The molecule has 198 valence electrons. The number of benzene rings is 2. The van der Waals surface area contributed by atoms with Crippen LogP contribution in [0.15, 0.2) is 58.3 Å². The van der Waals surface area contributed by atoms with Crippen LogP contribution < -0.4 is 10.5 Å². The number of hydrogen-bond acceptors (Lipinski definition) is 8. The molecule has 0 radical (unpaired) electrons. The van der Waals surface area contributed by atoms with Gasteiger partial charge in [0.15, 0.2) is 0 Å². The molecule has 3 rings (SSSR count). The molecule has 1 fully saturated rings. The van der Waals surface area contributed by atoms with Crippen molar-refractivity contribution in [3.63, 3.8) is 0 Å². The normalized spacial score (nSPS) is 16.2. The first-order valence-corrected chi connectivity index (χ1v) is 14.8. The van der Waals surface area contributed by atoms with Crippen LogP contribution in [-0.4, -0.2) is 75.2 Å². The molecule has 0 aliphatic carbocycles. The van der Waals surface area contributed by atoms with Crippen LogP contribution in [0.1, 0.15) is 25.7 Å². The number of primary sulfonamides is 1. The standard InChI is InChI=1S/C25H37N5O4S2/c1-28(2)14-10-20-11-15-29(16-12-20)17-13-21(19-35-22-6-4-3-5-7-22)27-24-9-8-23(36(26,33)34)18-25(24)30(31)32/h3-9,18,20-21,27H,10-17,19H2,1-2H3,(H2,26,33,34)/t21-/m1/s1. The molecule has 0 unspecified atom stereocenters. The van der Waals surface area contributed by atoms with E-state index < -0.39 is 14.9 Å². The van der Waals surface area contributed by atoms with E-state index in [9.17, 15) is 18.5 Å². The predicted molar refractivity (Wildman–Crippen MR) is 146 cm³/mol. The Bertz CT molecular complexity index is 1090. The van der Waals surface area contributed by atoms with Gasteiger partial charge in [-0.3, -0.25) is 10.1 Å². The molecule has 1 saturated heterocycles. The third-order valence-electron chi connectivity index (χ3n) is 6.53. The summed E-state index contributed by atoms with van der Waals surface area (Å²) in [5.41, 5.74) is 0.00592. The number of sulfonamides is 1. The Hall–Kier alpha value is -2.18. The Kier molecular flexibility index (Phi) is 10.6. The van der Waals surface area contributed by atoms with Gasteiger partial charge >= 0.3 is 0 Å². The number of nitrogens with two attached hydrogens (primary N) is 1. The molecule has 0 bridgehead atoms. The Morgan fingerprint density at radius 1 is 1.19 bits per heavy atom. The van der Waals surface area contributed by atoms with E-state index in [-0.39, 0.29) is 16.6 Å². The van der Waals surface area contributed by atoms with Crippen molar-refractivity contribution in [3.8, 4) is 0 Å². The van der Waals surface area contributed by atoms with Crippen LogP contribution in [0, 0.1) is 16.0 Å².